The number of aromatic nitrogens is 2. The molecule has 3 heterocycles. The van der Waals surface area contributed by atoms with E-state index in [0.717, 1.165) is 36.6 Å². The summed E-state index contributed by atoms with van der Waals surface area (Å²) in [7, 11) is 0. The third-order valence-corrected chi connectivity index (χ3v) is 7.01. The summed E-state index contributed by atoms with van der Waals surface area (Å²) in [4.78, 5) is 33.2. The van der Waals surface area contributed by atoms with Crippen LogP contribution in [0.1, 0.15) is 24.8 Å². The number of benzene rings is 2. The Balaban J connectivity index is 0.00000245. The highest BCUT2D eigenvalue weighted by atomic mass is 35.5. The molecule has 2 aromatic carbocycles. The molecule has 2 aliphatic heterocycles. The van der Waals surface area contributed by atoms with Crippen LogP contribution in [0.15, 0.2) is 52.1 Å². The van der Waals surface area contributed by atoms with Crippen LogP contribution >= 0.6 is 24.0 Å². The maximum absolute atomic E-state index is 12.9. The molecule has 32 heavy (non-hydrogen) atoms. The number of fused-ring (bicyclic) bond motifs is 3. The van der Waals surface area contributed by atoms with E-state index in [1.165, 1.54) is 23.1 Å². The van der Waals surface area contributed by atoms with Gasteiger partial charge in [-0.3, -0.25) is 14.3 Å². The molecular formula is C24H28Cl2N4O2. The smallest absolute Gasteiger partial charge is 0.328 e. The molecule has 170 valence electrons. The van der Waals surface area contributed by atoms with Crippen LogP contribution in [-0.4, -0.2) is 46.2 Å². The number of nitrogens with zero attached hydrogens (tertiary/aromatic N) is 3. The Hall–Kier alpha value is -2.28. The number of hydrogen-bond acceptors (Lipinski definition) is 4. The number of aryl methyl sites for hydroxylation is 1. The van der Waals surface area contributed by atoms with Gasteiger partial charge in [-0.25, -0.2) is 4.79 Å². The molecule has 0 aliphatic carbocycles. The maximum atomic E-state index is 12.9. The Bertz CT molecular complexity index is 1210. The van der Waals surface area contributed by atoms with Gasteiger partial charge in [0.2, 0.25) is 0 Å². The number of anilines is 1. The third kappa shape index (κ3) is 4.32. The van der Waals surface area contributed by atoms with Crippen molar-refractivity contribution in [1.82, 2.24) is 14.5 Å². The predicted molar refractivity (Wildman–Crippen MR) is 133 cm³/mol. The molecule has 6 nitrogen and oxygen atoms in total. The second-order valence-electron chi connectivity index (χ2n) is 8.79. The molecule has 2 aliphatic rings. The van der Waals surface area contributed by atoms with E-state index in [4.69, 9.17) is 11.6 Å². The molecule has 0 amide bonds. The minimum atomic E-state index is -0.322. The predicted octanol–water partition coefficient (Wildman–Crippen LogP) is 3.82. The molecule has 3 aromatic rings. The Morgan fingerprint density at radius 3 is 2.38 bits per heavy atom. The fourth-order valence-electron chi connectivity index (χ4n) is 5.20. The Kier molecular flexibility index (Phi) is 6.65. The van der Waals surface area contributed by atoms with Gasteiger partial charge in [-0.05, 0) is 62.6 Å². The third-order valence-electron chi connectivity index (χ3n) is 6.76. The van der Waals surface area contributed by atoms with Crippen molar-refractivity contribution < 1.29 is 0 Å². The minimum absolute atomic E-state index is 0. The zero-order valence-electron chi connectivity index (χ0n) is 18.1. The summed E-state index contributed by atoms with van der Waals surface area (Å²) < 4.78 is 1.35. The van der Waals surface area contributed by atoms with Crippen molar-refractivity contribution in [3.8, 4) is 0 Å². The van der Waals surface area contributed by atoms with E-state index in [0.29, 0.717) is 29.5 Å². The number of nitrogens with one attached hydrogen (secondary N) is 1. The topological polar surface area (TPSA) is 61.3 Å². The highest BCUT2D eigenvalue weighted by Gasteiger charge is 2.39. The van der Waals surface area contributed by atoms with Gasteiger partial charge in [0.1, 0.15) is 0 Å². The first kappa shape index (κ1) is 22.9. The Labute approximate surface area is 198 Å². The molecule has 0 radical (unpaired) electrons. The lowest BCUT2D eigenvalue weighted by molar-refractivity contribution is 0.164. The maximum Gasteiger partial charge on any atom is 0.328 e. The van der Waals surface area contributed by atoms with Gasteiger partial charge in [-0.1, -0.05) is 23.2 Å². The summed E-state index contributed by atoms with van der Waals surface area (Å²) in [5.41, 5.74) is 2.33. The van der Waals surface area contributed by atoms with E-state index in [-0.39, 0.29) is 23.7 Å². The molecule has 2 fully saturated rings. The van der Waals surface area contributed by atoms with E-state index in [9.17, 15) is 9.59 Å². The monoisotopic (exact) mass is 474 g/mol. The van der Waals surface area contributed by atoms with Crippen LogP contribution in [0.3, 0.4) is 0 Å². The van der Waals surface area contributed by atoms with Crippen LogP contribution < -0.4 is 16.1 Å². The van der Waals surface area contributed by atoms with Crippen LogP contribution in [0.2, 0.25) is 5.02 Å². The highest BCUT2D eigenvalue weighted by Crippen LogP contribution is 2.33. The largest absolute Gasteiger partial charge is 0.368 e. The van der Waals surface area contributed by atoms with E-state index in [1.807, 2.05) is 31.2 Å². The van der Waals surface area contributed by atoms with Gasteiger partial charge in [0.05, 0.1) is 10.9 Å². The molecule has 8 heteroatoms. The quantitative estimate of drug-likeness (QED) is 0.610. The number of aromatic amines is 1. The van der Waals surface area contributed by atoms with Gasteiger partial charge >= 0.3 is 5.69 Å². The Morgan fingerprint density at radius 2 is 1.69 bits per heavy atom. The van der Waals surface area contributed by atoms with E-state index in [1.54, 1.807) is 6.07 Å². The molecule has 2 saturated heterocycles. The lowest BCUT2D eigenvalue weighted by atomic mass is 10.1. The summed E-state index contributed by atoms with van der Waals surface area (Å²) in [5, 5.41) is 1.34. The molecular weight excluding hydrogens is 447 g/mol. The fourth-order valence-corrected chi connectivity index (χ4v) is 5.32. The molecule has 2 unspecified atom stereocenters. The standard InChI is InChI=1S/C24H27ClN4O2.ClH/c1-16-3-10-22-21(13-16)23(30)29(24(31)26-22)12-2-11-28-19-8-9-20(28)15-27(14-19)18-6-4-17(25)5-7-18;/h3-7,10,13,19-20H,2,8-9,11-12,14-15H2,1H3,(H,26,31);1H. The normalized spacial score (nSPS) is 20.5. The van der Waals surface area contributed by atoms with Crippen molar-refractivity contribution in [3.05, 3.63) is 73.9 Å². The SMILES string of the molecule is Cc1ccc2[nH]c(=O)n(CCCN3C4CCC3CN(c3ccc(Cl)cc3)C4)c(=O)c2c1.Cl. The molecule has 2 bridgehead atoms. The van der Waals surface area contributed by atoms with Crippen LogP contribution in [0, 0.1) is 6.92 Å². The van der Waals surface area contributed by atoms with Crippen LogP contribution in [0.25, 0.3) is 10.9 Å². The van der Waals surface area contributed by atoms with Crippen molar-refractivity contribution >= 4 is 40.6 Å². The van der Waals surface area contributed by atoms with Gasteiger partial charge < -0.3 is 9.88 Å². The van der Waals surface area contributed by atoms with E-state index >= 15 is 0 Å². The number of rotatable bonds is 5. The first-order valence-electron chi connectivity index (χ1n) is 11.0. The summed E-state index contributed by atoms with van der Waals surface area (Å²) in [6.07, 6.45) is 3.18. The molecule has 2 atom stereocenters. The van der Waals surface area contributed by atoms with Gasteiger partial charge in [-0.15, -0.1) is 12.4 Å². The van der Waals surface area contributed by atoms with Crippen molar-refractivity contribution in [3.63, 3.8) is 0 Å². The van der Waals surface area contributed by atoms with Crippen LogP contribution in [0.4, 0.5) is 5.69 Å². The summed E-state index contributed by atoms with van der Waals surface area (Å²) >= 11 is 6.04. The molecule has 1 N–H and O–H groups in total. The summed E-state index contributed by atoms with van der Waals surface area (Å²) in [6, 6.07) is 14.7. The molecule has 1 aromatic heterocycles. The van der Waals surface area contributed by atoms with Crippen molar-refractivity contribution in [1.29, 1.82) is 0 Å². The van der Waals surface area contributed by atoms with Gasteiger partial charge in [0.25, 0.3) is 5.56 Å². The number of H-pyrrole nitrogens is 1. The van der Waals surface area contributed by atoms with E-state index in [2.05, 4.69) is 26.9 Å². The zero-order chi connectivity index (χ0) is 21.5. The summed E-state index contributed by atoms with van der Waals surface area (Å²) in [6.45, 7) is 5.31. The molecule has 0 saturated carbocycles. The second kappa shape index (κ2) is 9.30. The average Bonchev–Trinajstić information content (AvgIpc) is 2.98. The lowest BCUT2D eigenvalue weighted by Gasteiger charge is -2.42. The fraction of sp³-hybridized carbons (Fsp3) is 0.417. The van der Waals surface area contributed by atoms with Crippen molar-refractivity contribution in [2.24, 2.45) is 0 Å². The van der Waals surface area contributed by atoms with Crippen molar-refractivity contribution in [2.75, 3.05) is 24.5 Å². The first-order valence-corrected chi connectivity index (χ1v) is 11.4. The average molecular weight is 475 g/mol. The molecule has 5 rings (SSSR count). The van der Waals surface area contributed by atoms with Gasteiger partial charge in [-0.2, -0.15) is 0 Å². The molecule has 0 spiro atoms. The van der Waals surface area contributed by atoms with Crippen LogP contribution in [-0.2, 0) is 6.54 Å². The minimum Gasteiger partial charge on any atom is -0.368 e. The van der Waals surface area contributed by atoms with Crippen molar-refractivity contribution in [2.45, 2.75) is 44.8 Å². The second-order valence-corrected chi connectivity index (χ2v) is 9.23. The highest BCUT2D eigenvalue weighted by molar-refractivity contribution is 6.30. The van der Waals surface area contributed by atoms with Crippen LogP contribution in [0.5, 0.6) is 0 Å². The first-order chi connectivity index (χ1) is 15.0. The Morgan fingerprint density at radius 1 is 1.00 bits per heavy atom. The summed E-state index contributed by atoms with van der Waals surface area (Å²) in [5.74, 6) is 0. The van der Waals surface area contributed by atoms with Gasteiger partial charge in [0, 0.05) is 49.0 Å². The zero-order valence-corrected chi connectivity index (χ0v) is 19.7. The number of halogens is 2. The van der Waals surface area contributed by atoms with E-state index < -0.39 is 0 Å². The number of hydrogen-bond donors (Lipinski definition) is 1. The van der Waals surface area contributed by atoms with Gasteiger partial charge in [0.15, 0.2) is 0 Å². The lowest BCUT2D eigenvalue weighted by Crippen LogP contribution is -2.54. The number of piperazine rings is 1.